The molecule has 0 radical (unpaired) electrons. The molecule has 0 aliphatic carbocycles. The molecule has 0 aliphatic heterocycles. The van der Waals surface area contributed by atoms with E-state index in [4.69, 9.17) is 4.98 Å². The van der Waals surface area contributed by atoms with E-state index in [1.807, 2.05) is 12.1 Å². The molecule has 0 fully saturated rings. The van der Waals surface area contributed by atoms with Crippen molar-refractivity contribution in [2.75, 3.05) is 0 Å². The van der Waals surface area contributed by atoms with E-state index in [2.05, 4.69) is 30.1 Å². The van der Waals surface area contributed by atoms with Crippen LogP contribution in [0.4, 0.5) is 4.39 Å². The first-order valence-electron chi connectivity index (χ1n) is 9.75. The number of aromatic amines is 2. The van der Waals surface area contributed by atoms with E-state index in [-0.39, 0.29) is 11.6 Å². The Labute approximate surface area is 179 Å². The highest BCUT2D eigenvalue weighted by molar-refractivity contribution is 5.96. The van der Waals surface area contributed by atoms with Crippen LogP contribution < -0.4 is 0 Å². The molecule has 32 heavy (non-hydrogen) atoms. The van der Waals surface area contributed by atoms with Crippen LogP contribution in [0.15, 0.2) is 67.3 Å². The van der Waals surface area contributed by atoms with Crippen molar-refractivity contribution in [3.8, 4) is 39.8 Å². The van der Waals surface area contributed by atoms with Gasteiger partial charge in [0, 0.05) is 28.9 Å². The predicted octanol–water partition coefficient (Wildman–Crippen LogP) is 4.47. The maximum atomic E-state index is 13.8. The van der Waals surface area contributed by atoms with Crippen molar-refractivity contribution in [1.82, 2.24) is 35.1 Å². The van der Waals surface area contributed by atoms with Gasteiger partial charge >= 0.3 is 0 Å². The monoisotopic (exact) mass is 423 g/mol. The minimum Gasteiger partial charge on any atom is -0.506 e. The lowest BCUT2D eigenvalue weighted by atomic mass is 10.1. The molecule has 0 amide bonds. The van der Waals surface area contributed by atoms with Crippen LogP contribution in [0, 0.1) is 5.82 Å². The number of rotatable bonds is 3. The van der Waals surface area contributed by atoms with Crippen molar-refractivity contribution in [2.24, 2.45) is 0 Å². The van der Waals surface area contributed by atoms with Crippen LogP contribution in [0.5, 0.6) is 5.75 Å². The molecule has 6 rings (SSSR count). The fourth-order valence-corrected chi connectivity index (χ4v) is 3.72. The number of hydrogen-bond acceptors (Lipinski definition) is 6. The predicted molar refractivity (Wildman–Crippen MR) is 117 cm³/mol. The lowest BCUT2D eigenvalue weighted by Crippen LogP contribution is -1.87. The molecular weight excluding hydrogens is 409 g/mol. The highest BCUT2D eigenvalue weighted by atomic mass is 19.1. The number of imidazole rings is 1. The largest absolute Gasteiger partial charge is 0.506 e. The number of hydrogen-bond donors (Lipinski definition) is 3. The molecule has 0 saturated heterocycles. The average Bonchev–Trinajstić information content (AvgIpc) is 3.42. The van der Waals surface area contributed by atoms with Gasteiger partial charge in [0.05, 0.1) is 34.8 Å². The van der Waals surface area contributed by atoms with E-state index in [1.54, 1.807) is 36.8 Å². The second-order valence-corrected chi connectivity index (χ2v) is 7.27. The normalized spacial score (nSPS) is 11.4. The summed E-state index contributed by atoms with van der Waals surface area (Å²) < 4.78 is 13.8. The molecule has 5 aromatic heterocycles. The first kappa shape index (κ1) is 18.1. The smallest absolute Gasteiger partial charge is 0.159 e. The van der Waals surface area contributed by atoms with Crippen molar-refractivity contribution in [2.45, 2.75) is 0 Å². The second kappa shape index (κ2) is 6.95. The maximum Gasteiger partial charge on any atom is 0.159 e. The lowest BCUT2D eigenvalue weighted by molar-refractivity contribution is 0.473. The molecule has 6 aromatic rings. The Morgan fingerprint density at radius 1 is 0.875 bits per heavy atom. The van der Waals surface area contributed by atoms with E-state index in [1.165, 1.54) is 18.3 Å². The number of H-pyrrole nitrogens is 2. The quantitative estimate of drug-likeness (QED) is 0.387. The Morgan fingerprint density at radius 3 is 2.69 bits per heavy atom. The molecule has 1 aromatic carbocycles. The summed E-state index contributed by atoms with van der Waals surface area (Å²) in [7, 11) is 0. The summed E-state index contributed by atoms with van der Waals surface area (Å²) in [4.78, 5) is 20.9. The zero-order chi connectivity index (χ0) is 21.7. The van der Waals surface area contributed by atoms with Crippen molar-refractivity contribution in [3.63, 3.8) is 0 Å². The van der Waals surface area contributed by atoms with Crippen LogP contribution in [0.1, 0.15) is 0 Å². The van der Waals surface area contributed by atoms with E-state index in [0.29, 0.717) is 39.5 Å². The number of pyridine rings is 3. The molecule has 0 spiro atoms. The zero-order valence-corrected chi connectivity index (χ0v) is 16.4. The summed E-state index contributed by atoms with van der Waals surface area (Å²) in [6.45, 7) is 0. The van der Waals surface area contributed by atoms with Crippen LogP contribution in [0.25, 0.3) is 56.0 Å². The number of halogens is 1. The SMILES string of the molecule is Oc1cncc(-c2cc3c(-c4nc5c(-c6cccc(F)c6)nccc5[nH]4)n[nH]c3cn2)c1. The Balaban J connectivity index is 1.51. The van der Waals surface area contributed by atoms with Gasteiger partial charge in [-0.1, -0.05) is 12.1 Å². The standard InChI is InChI=1S/C23H14FN7O/c24-14-3-1-2-12(6-14)20-22-17(4-5-26-20)28-23(29-22)21-16-8-18(27-11-19(16)30-31-21)13-7-15(32)10-25-9-13/h1-11,32H,(H,28,29)(H,30,31). The van der Waals surface area contributed by atoms with Gasteiger partial charge in [0.2, 0.25) is 0 Å². The number of aromatic nitrogens is 7. The Bertz CT molecular complexity index is 1620. The summed E-state index contributed by atoms with van der Waals surface area (Å²) in [5, 5.41) is 17.9. The van der Waals surface area contributed by atoms with Gasteiger partial charge in [-0.3, -0.25) is 20.1 Å². The first-order chi connectivity index (χ1) is 15.7. The number of aromatic hydroxyl groups is 1. The Morgan fingerprint density at radius 2 is 1.81 bits per heavy atom. The van der Waals surface area contributed by atoms with Crippen LogP contribution in [0.2, 0.25) is 0 Å². The van der Waals surface area contributed by atoms with E-state index < -0.39 is 0 Å². The third-order valence-corrected chi connectivity index (χ3v) is 5.19. The van der Waals surface area contributed by atoms with Crippen molar-refractivity contribution in [1.29, 1.82) is 0 Å². The van der Waals surface area contributed by atoms with Gasteiger partial charge in [0.25, 0.3) is 0 Å². The van der Waals surface area contributed by atoms with Crippen LogP contribution >= 0.6 is 0 Å². The van der Waals surface area contributed by atoms with Gasteiger partial charge in [-0.25, -0.2) is 9.37 Å². The Hall–Kier alpha value is -4.66. The van der Waals surface area contributed by atoms with Gasteiger partial charge in [-0.2, -0.15) is 5.10 Å². The summed E-state index contributed by atoms with van der Waals surface area (Å²) in [6, 6.07) is 11.5. The minimum absolute atomic E-state index is 0.0616. The first-order valence-corrected chi connectivity index (χ1v) is 9.75. The van der Waals surface area contributed by atoms with Gasteiger partial charge in [0.15, 0.2) is 5.82 Å². The number of nitrogens with one attached hydrogen (secondary N) is 2. The molecule has 0 unspecified atom stereocenters. The van der Waals surface area contributed by atoms with Crippen molar-refractivity contribution in [3.05, 3.63) is 73.1 Å². The maximum absolute atomic E-state index is 13.8. The van der Waals surface area contributed by atoms with Crippen LogP contribution in [0.3, 0.4) is 0 Å². The summed E-state index contributed by atoms with van der Waals surface area (Å²) in [5.74, 6) is 0.270. The second-order valence-electron chi connectivity index (χ2n) is 7.27. The third kappa shape index (κ3) is 2.95. The lowest BCUT2D eigenvalue weighted by Gasteiger charge is -2.01. The minimum atomic E-state index is -0.336. The van der Waals surface area contributed by atoms with Crippen LogP contribution in [-0.4, -0.2) is 40.2 Å². The molecule has 8 nitrogen and oxygen atoms in total. The molecule has 9 heteroatoms. The third-order valence-electron chi connectivity index (χ3n) is 5.19. The molecule has 3 N–H and O–H groups in total. The molecule has 0 atom stereocenters. The van der Waals surface area contributed by atoms with Gasteiger partial charge in [0.1, 0.15) is 22.8 Å². The van der Waals surface area contributed by atoms with E-state index >= 15 is 0 Å². The summed E-state index contributed by atoms with van der Waals surface area (Å²) in [5.41, 5.74) is 5.27. The highest BCUT2D eigenvalue weighted by Gasteiger charge is 2.17. The molecule has 0 aliphatic rings. The number of nitrogens with zero attached hydrogens (tertiary/aromatic N) is 5. The molecular formula is C23H14FN7O. The number of benzene rings is 1. The fraction of sp³-hybridized carbons (Fsp3) is 0. The van der Waals surface area contributed by atoms with Crippen molar-refractivity contribution < 1.29 is 9.50 Å². The summed E-state index contributed by atoms with van der Waals surface area (Å²) in [6.07, 6.45) is 6.33. The number of fused-ring (bicyclic) bond motifs is 2. The highest BCUT2D eigenvalue weighted by Crippen LogP contribution is 2.32. The van der Waals surface area contributed by atoms with Gasteiger partial charge in [-0.15, -0.1) is 0 Å². The fourth-order valence-electron chi connectivity index (χ4n) is 3.72. The molecule has 0 saturated carbocycles. The average molecular weight is 423 g/mol. The van der Waals surface area contributed by atoms with Gasteiger partial charge < -0.3 is 10.1 Å². The van der Waals surface area contributed by atoms with E-state index in [9.17, 15) is 9.50 Å². The molecule has 154 valence electrons. The van der Waals surface area contributed by atoms with E-state index in [0.717, 1.165) is 16.4 Å². The topological polar surface area (TPSA) is 116 Å². The van der Waals surface area contributed by atoms with Crippen LogP contribution in [-0.2, 0) is 0 Å². The molecule has 5 heterocycles. The Kier molecular flexibility index (Phi) is 3.94. The van der Waals surface area contributed by atoms with Crippen molar-refractivity contribution >= 4 is 21.9 Å². The molecule has 0 bridgehead atoms. The zero-order valence-electron chi connectivity index (χ0n) is 16.4. The van der Waals surface area contributed by atoms with Gasteiger partial charge in [-0.05, 0) is 30.3 Å². The summed E-state index contributed by atoms with van der Waals surface area (Å²) >= 11 is 0.